The summed E-state index contributed by atoms with van der Waals surface area (Å²) in [6.07, 6.45) is 1.08. The highest BCUT2D eigenvalue weighted by Gasteiger charge is 2.36. The van der Waals surface area contributed by atoms with Gasteiger partial charge >= 0.3 is 0 Å². The number of tetrazole rings is 1. The highest BCUT2D eigenvalue weighted by molar-refractivity contribution is 5.79. The van der Waals surface area contributed by atoms with Crippen molar-refractivity contribution in [2.75, 3.05) is 32.8 Å². The first-order valence-electron chi connectivity index (χ1n) is 11.3. The number of hydrogen-bond donors (Lipinski definition) is 0. The average Bonchev–Trinajstić information content (AvgIpc) is 3.40. The molecule has 0 aliphatic carbocycles. The van der Waals surface area contributed by atoms with Crippen molar-refractivity contribution < 1.29 is 18.3 Å². The van der Waals surface area contributed by atoms with Gasteiger partial charge in [0.25, 0.3) is 0 Å². The standard InChI is InChI=1S/C24H23F2N7O2/c1-15-19(4-6-21(26)24(15)27-2)22-12-31-7-8-32(11-18(31)13-35-22)23(34)10-16-9-17(3-5-20(16)25)33-14-28-29-30-33/h3-6,9,14,18,22H,7-8,10-13H2,1H3/t18-,22+/m1/s1. The van der Waals surface area contributed by atoms with Crippen LogP contribution in [0.2, 0.25) is 0 Å². The van der Waals surface area contributed by atoms with Gasteiger partial charge in [0, 0.05) is 26.2 Å². The van der Waals surface area contributed by atoms with E-state index in [0.29, 0.717) is 44.0 Å². The van der Waals surface area contributed by atoms with Crippen molar-refractivity contribution in [2.24, 2.45) is 0 Å². The minimum Gasteiger partial charge on any atom is -0.371 e. The molecule has 0 unspecified atom stereocenters. The third kappa shape index (κ3) is 4.50. The fourth-order valence-electron chi connectivity index (χ4n) is 4.76. The SMILES string of the molecule is [C-]#[N+]c1c(F)ccc([C@@H]2CN3CCN(C(=O)Cc4cc(-n5cnnn5)ccc4F)C[C@@H]3CO2)c1C. The summed E-state index contributed by atoms with van der Waals surface area (Å²) >= 11 is 0. The van der Waals surface area contributed by atoms with E-state index in [1.54, 1.807) is 30.0 Å². The molecule has 0 N–H and O–H groups in total. The van der Waals surface area contributed by atoms with Crippen LogP contribution in [0.5, 0.6) is 0 Å². The van der Waals surface area contributed by atoms with Gasteiger partial charge in [-0.1, -0.05) is 6.07 Å². The van der Waals surface area contributed by atoms with Crippen molar-refractivity contribution in [1.82, 2.24) is 30.0 Å². The quantitative estimate of drug-likeness (QED) is 0.536. The topological polar surface area (TPSA) is 80.7 Å². The highest BCUT2D eigenvalue weighted by atomic mass is 19.1. The molecule has 2 fully saturated rings. The molecule has 3 aromatic rings. The van der Waals surface area contributed by atoms with E-state index in [-0.39, 0.29) is 35.7 Å². The summed E-state index contributed by atoms with van der Waals surface area (Å²) in [5.74, 6) is -1.14. The lowest BCUT2D eigenvalue weighted by atomic mass is 9.98. The van der Waals surface area contributed by atoms with Crippen LogP contribution in [0.4, 0.5) is 14.5 Å². The molecule has 2 aliphatic heterocycles. The zero-order valence-corrected chi connectivity index (χ0v) is 19.1. The third-order valence-electron chi connectivity index (χ3n) is 6.71. The first-order chi connectivity index (χ1) is 16.9. The first kappa shape index (κ1) is 23.0. The number of nitrogens with zero attached hydrogens (tertiary/aromatic N) is 7. The summed E-state index contributed by atoms with van der Waals surface area (Å²) in [7, 11) is 0. The normalized spacial score (nSPS) is 20.3. The number of carbonyl (C=O) groups excluding carboxylic acids is 1. The lowest BCUT2D eigenvalue weighted by Gasteiger charge is -2.46. The fourth-order valence-corrected chi connectivity index (χ4v) is 4.76. The minimum atomic E-state index is -0.526. The minimum absolute atomic E-state index is 0.0161. The predicted molar refractivity (Wildman–Crippen MR) is 121 cm³/mol. The molecule has 1 amide bonds. The second-order valence-electron chi connectivity index (χ2n) is 8.74. The summed E-state index contributed by atoms with van der Waals surface area (Å²) in [6.45, 7) is 11.6. The van der Waals surface area contributed by atoms with Crippen LogP contribution in [0.3, 0.4) is 0 Å². The van der Waals surface area contributed by atoms with Gasteiger partial charge in [-0.3, -0.25) is 9.69 Å². The van der Waals surface area contributed by atoms with E-state index >= 15 is 0 Å². The Labute approximate surface area is 200 Å². The van der Waals surface area contributed by atoms with Crippen LogP contribution in [0.1, 0.15) is 22.8 Å². The van der Waals surface area contributed by atoms with Gasteiger partial charge in [0.15, 0.2) is 0 Å². The Kier molecular flexibility index (Phi) is 6.23. The second kappa shape index (κ2) is 9.48. The smallest absolute Gasteiger partial charge is 0.227 e. The number of amides is 1. The molecule has 3 heterocycles. The summed E-state index contributed by atoms with van der Waals surface area (Å²) in [4.78, 5) is 20.3. The van der Waals surface area contributed by atoms with Gasteiger partial charge in [0.1, 0.15) is 18.0 Å². The van der Waals surface area contributed by atoms with E-state index in [0.717, 1.165) is 5.56 Å². The Bertz CT molecular complexity index is 1290. The number of halogens is 2. The molecule has 1 aromatic heterocycles. The van der Waals surface area contributed by atoms with E-state index in [4.69, 9.17) is 11.3 Å². The highest BCUT2D eigenvalue weighted by Crippen LogP contribution is 2.34. The van der Waals surface area contributed by atoms with Crippen molar-refractivity contribution in [3.8, 4) is 5.69 Å². The number of hydrogen-bond acceptors (Lipinski definition) is 6. The molecular weight excluding hydrogens is 456 g/mol. The average molecular weight is 479 g/mol. The Hall–Kier alpha value is -3.75. The number of fused-ring (bicyclic) bond motifs is 1. The van der Waals surface area contributed by atoms with Crippen molar-refractivity contribution in [2.45, 2.75) is 25.5 Å². The monoisotopic (exact) mass is 479 g/mol. The van der Waals surface area contributed by atoms with Gasteiger partial charge in [-0.15, -0.1) is 5.10 Å². The number of rotatable bonds is 4. The van der Waals surface area contributed by atoms with Crippen molar-refractivity contribution >= 4 is 11.6 Å². The number of carbonyl (C=O) groups is 1. The Morgan fingerprint density at radius 1 is 1.20 bits per heavy atom. The summed E-state index contributed by atoms with van der Waals surface area (Å²) in [5, 5.41) is 11.0. The Morgan fingerprint density at radius 2 is 2.03 bits per heavy atom. The maximum atomic E-state index is 14.4. The number of ether oxygens (including phenoxy) is 1. The lowest BCUT2D eigenvalue weighted by Crippen LogP contribution is -2.59. The van der Waals surface area contributed by atoms with Gasteiger partial charge in [0.05, 0.1) is 37.4 Å². The maximum Gasteiger partial charge on any atom is 0.227 e. The van der Waals surface area contributed by atoms with Crippen molar-refractivity contribution in [3.63, 3.8) is 0 Å². The number of morpholine rings is 1. The molecule has 0 saturated carbocycles. The summed E-state index contributed by atoms with van der Waals surface area (Å²) in [6, 6.07) is 7.46. The van der Waals surface area contributed by atoms with Crippen LogP contribution in [0.25, 0.3) is 10.5 Å². The van der Waals surface area contributed by atoms with Crippen LogP contribution < -0.4 is 0 Å². The van der Waals surface area contributed by atoms with Gasteiger partial charge in [-0.05, 0) is 58.3 Å². The Morgan fingerprint density at radius 3 is 2.80 bits per heavy atom. The molecule has 35 heavy (non-hydrogen) atoms. The van der Waals surface area contributed by atoms with Crippen LogP contribution in [-0.4, -0.2) is 74.7 Å². The second-order valence-corrected chi connectivity index (χ2v) is 8.74. The summed E-state index contributed by atoms with van der Waals surface area (Å²) < 4.78 is 35.8. The van der Waals surface area contributed by atoms with E-state index in [1.807, 2.05) is 0 Å². The molecule has 0 bridgehead atoms. The van der Waals surface area contributed by atoms with Crippen LogP contribution in [0.15, 0.2) is 36.7 Å². The number of aromatic nitrogens is 4. The molecule has 0 spiro atoms. The molecule has 180 valence electrons. The van der Waals surface area contributed by atoms with Gasteiger partial charge in [-0.2, -0.15) is 0 Å². The molecule has 2 saturated heterocycles. The largest absolute Gasteiger partial charge is 0.371 e. The number of benzene rings is 2. The van der Waals surface area contributed by atoms with Crippen LogP contribution in [-0.2, 0) is 16.0 Å². The maximum absolute atomic E-state index is 14.4. The van der Waals surface area contributed by atoms with Gasteiger partial charge in [0.2, 0.25) is 11.6 Å². The first-order valence-corrected chi connectivity index (χ1v) is 11.3. The third-order valence-corrected chi connectivity index (χ3v) is 6.71. The predicted octanol–water partition coefficient (Wildman–Crippen LogP) is 2.63. The van der Waals surface area contributed by atoms with E-state index in [9.17, 15) is 13.6 Å². The molecule has 2 aliphatic rings. The van der Waals surface area contributed by atoms with Gasteiger partial charge in [-0.25, -0.2) is 18.3 Å². The molecular formula is C24H23F2N7O2. The Balaban J connectivity index is 1.23. The zero-order valence-electron chi connectivity index (χ0n) is 19.1. The van der Waals surface area contributed by atoms with Gasteiger partial charge < -0.3 is 9.64 Å². The molecule has 5 rings (SSSR count). The number of piperazine rings is 1. The molecule has 2 atom stereocenters. The van der Waals surface area contributed by atoms with E-state index in [2.05, 4.69) is 25.3 Å². The summed E-state index contributed by atoms with van der Waals surface area (Å²) in [5.41, 5.74) is 2.30. The lowest BCUT2D eigenvalue weighted by molar-refractivity contribution is -0.139. The van der Waals surface area contributed by atoms with E-state index in [1.165, 1.54) is 23.1 Å². The fraction of sp³-hybridized carbons (Fsp3) is 0.375. The zero-order chi connectivity index (χ0) is 24.5. The van der Waals surface area contributed by atoms with Crippen LogP contribution >= 0.6 is 0 Å². The molecule has 11 heteroatoms. The van der Waals surface area contributed by atoms with Crippen LogP contribution in [0, 0.1) is 25.1 Å². The molecule has 2 aromatic carbocycles. The van der Waals surface area contributed by atoms with Crippen molar-refractivity contribution in [1.29, 1.82) is 0 Å². The molecule has 9 nitrogen and oxygen atoms in total. The van der Waals surface area contributed by atoms with Crippen molar-refractivity contribution in [3.05, 3.63) is 76.4 Å². The molecule has 0 radical (unpaired) electrons. The van der Waals surface area contributed by atoms with E-state index < -0.39 is 11.6 Å².